The molecule has 9 heteroatoms. The zero-order valence-corrected chi connectivity index (χ0v) is 20.8. The summed E-state index contributed by atoms with van der Waals surface area (Å²) >= 11 is 1.67. The lowest BCUT2D eigenvalue weighted by Crippen LogP contribution is -2.48. The number of β-amino-alcohol motifs (C(OH)–C–C–N with tert-alkyl or cyclic N) is 1. The number of hydrogen-bond acceptors (Lipinski definition) is 9. The molecule has 2 aromatic heterocycles. The summed E-state index contributed by atoms with van der Waals surface area (Å²) in [6, 6.07) is 15.7. The Hall–Kier alpha value is -2.98. The molecule has 1 aliphatic heterocycles. The molecule has 184 valence electrons. The van der Waals surface area contributed by atoms with E-state index in [2.05, 4.69) is 19.9 Å². The molecule has 1 aliphatic rings. The van der Waals surface area contributed by atoms with Crippen LogP contribution in [0.25, 0.3) is 21.5 Å². The summed E-state index contributed by atoms with van der Waals surface area (Å²) in [5.74, 6) is 2.36. The molecule has 0 saturated carbocycles. The van der Waals surface area contributed by atoms with Gasteiger partial charge < -0.3 is 19.1 Å². The Morgan fingerprint density at radius 1 is 1.09 bits per heavy atom. The number of nitrogens with zero attached hydrogens (tertiary/aromatic N) is 4. The number of aliphatic hydroxyl groups excluding tert-OH is 1. The summed E-state index contributed by atoms with van der Waals surface area (Å²) in [6.07, 6.45) is -0.549. The van der Waals surface area contributed by atoms with Gasteiger partial charge in [-0.1, -0.05) is 17.3 Å². The number of aromatic nitrogens is 2. The van der Waals surface area contributed by atoms with Crippen LogP contribution in [0.15, 0.2) is 53.1 Å². The highest BCUT2D eigenvalue weighted by molar-refractivity contribution is 7.18. The Labute approximate surface area is 208 Å². The minimum absolute atomic E-state index is 0.263. The van der Waals surface area contributed by atoms with Gasteiger partial charge in [-0.25, -0.2) is 4.98 Å². The van der Waals surface area contributed by atoms with Gasteiger partial charge in [0, 0.05) is 50.4 Å². The maximum atomic E-state index is 10.5. The van der Waals surface area contributed by atoms with Crippen LogP contribution in [-0.2, 0) is 6.54 Å². The maximum Gasteiger partial charge on any atom is 0.151 e. The summed E-state index contributed by atoms with van der Waals surface area (Å²) in [7, 11) is 1.66. The van der Waals surface area contributed by atoms with Crippen molar-refractivity contribution in [3.63, 3.8) is 0 Å². The molecule has 5 rings (SSSR count). The fourth-order valence-corrected chi connectivity index (χ4v) is 5.18. The van der Waals surface area contributed by atoms with Gasteiger partial charge in [-0.3, -0.25) is 9.80 Å². The highest BCUT2D eigenvalue weighted by atomic mass is 32.1. The molecule has 35 heavy (non-hydrogen) atoms. The fraction of sp³-hybridized carbons (Fsp3) is 0.385. The molecule has 2 aromatic carbocycles. The number of hydrogen-bond donors (Lipinski definition) is 1. The number of rotatable bonds is 9. The molecule has 4 aromatic rings. The number of benzene rings is 2. The Morgan fingerprint density at radius 2 is 1.89 bits per heavy atom. The van der Waals surface area contributed by atoms with Crippen molar-refractivity contribution in [3.05, 3.63) is 59.3 Å². The van der Waals surface area contributed by atoms with Gasteiger partial charge >= 0.3 is 0 Å². The standard InChI is InChI=1S/C26H30N4O4S/c1-18-27-24-13-20(7-8-26(24)35-18)33-17-19(31)15-29-9-11-30(12-10-29)16-21-14-23(28-34-21)22-5-3-4-6-25(22)32-2/h3-8,13-14,19,31H,9-12,15-17H2,1-2H3. The molecule has 0 bridgehead atoms. The van der Waals surface area contributed by atoms with Gasteiger partial charge in [-0.2, -0.15) is 0 Å². The topological polar surface area (TPSA) is 84.1 Å². The lowest BCUT2D eigenvalue weighted by atomic mass is 10.1. The number of thiazole rings is 1. The third kappa shape index (κ3) is 5.82. The van der Waals surface area contributed by atoms with Crippen LogP contribution < -0.4 is 9.47 Å². The van der Waals surface area contributed by atoms with Crippen LogP contribution in [0.3, 0.4) is 0 Å². The van der Waals surface area contributed by atoms with Crippen molar-refractivity contribution in [2.45, 2.75) is 19.6 Å². The van der Waals surface area contributed by atoms with E-state index >= 15 is 0 Å². The molecule has 0 spiro atoms. The van der Waals surface area contributed by atoms with Gasteiger partial charge in [0.05, 0.1) is 28.9 Å². The van der Waals surface area contributed by atoms with Crippen LogP contribution in [0, 0.1) is 6.92 Å². The monoisotopic (exact) mass is 494 g/mol. The van der Waals surface area contributed by atoms with Crippen molar-refractivity contribution in [2.24, 2.45) is 0 Å². The van der Waals surface area contributed by atoms with E-state index in [1.807, 2.05) is 55.5 Å². The third-order valence-corrected chi connectivity index (χ3v) is 7.12. The molecule has 0 radical (unpaired) electrons. The van der Waals surface area contributed by atoms with Gasteiger partial charge in [0.25, 0.3) is 0 Å². The summed E-state index contributed by atoms with van der Waals surface area (Å²) in [5.41, 5.74) is 2.65. The molecule has 0 amide bonds. The van der Waals surface area contributed by atoms with Crippen LogP contribution in [0.1, 0.15) is 10.8 Å². The highest BCUT2D eigenvalue weighted by Crippen LogP contribution is 2.29. The van der Waals surface area contributed by atoms with Crippen LogP contribution in [-0.4, -0.2) is 77.6 Å². The highest BCUT2D eigenvalue weighted by Gasteiger charge is 2.21. The van der Waals surface area contributed by atoms with Crippen LogP contribution >= 0.6 is 11.3 Å². The van der Waals surface area contributed by atoms with E-state index in [0.29, 0.717) is 13.1 Å². The second kappa shape index (κ2) is 10.7. The van der Waals surface area contributed by atoms with E-state index in [0.717, 1.165) is 69.9 Å². The number of fused-ring (bicyclic) bond motifs is 1. The van der Waals surface area contributed by atoms with Gasteiger partial charge in [0.2, 0.25) is 0 Å². The van der Waals surface area contributed by atoms with Gasteiger partial charge in [-0.05, 0) is 31.2 Å². The minimum atomic E-state index is -0.549. The summed E-state index contributed by atoms with van der Waals surface area (Å²) < 4.78 is 18.0. The van der Waals surface area contributed by atoms with Gasteiger partial charge in [0.1, 0.15) is 29.9 Å². The second-order valence-corrected chi connectivity index (χ2v) is 10.0. The third-order valence-electron chi connectivity index (χ3n) is 6.16. The number of para-hydroxylation sites is 1. The Morgan fingerprint density at radius 3 is 2.71 bits per heavy atom. The number of piperazine rings is 1. The Kier molecular flexibility index (Phi) is 7.29. The molecule has 1 atom stereocenters. The molecular weight excluding hydrogens is 464 g/mol. The summed E-state index contributed by atoms with van der Waals surface area (Å²) in [5, 5.41) is 15.8. The predicted molar refractivity (Wildman–Crippen MR) is 136 cm³/mol. The fourth-order valence-electron chi connectivity index (χ4n) is 4.38. The van der Waals surface area contributed by atoms with Crippen molar-refractivity contribution in [1.29, 1.82) is 0 Å². The first-order chi connectivity index (χ1) is 17.1. The maximum absolute atomic E-state index is 10.5. The van der Waals surface area contributed by atoms with E-state index in [4.69, 9.17) is 14.0 Å². The lowest BCUT2D eigenvalue weighted by Gasteiger charge is -2.35. The zero-order chi connectivity index (χ0) is 24.2. The number of ether oxygens (including phenoxy) is 2. The van der Waals surface area contributed by atoms with Crippen molar-refractivity contribution >= 4 is 21.6 Å². The smallest absolute Gasteiger partial charge is 0.151 e. The molecule has 3 heterocycles. The van der Waals surface area contributed by atoms with Crippen LogP contribution in [0.5, 0.6) is 11.5 Å². The first kappa shape index (κ1) is 23.7. The molecule has 1 saturated heterocycles. The quantitative estimate of drug-likeness (QED) is 0.376. The first-order valence-corrected chi connectivity index (χ1v) is 12.6. The number of methoxy groups -OCH3 is 1. The first-order valence-electron chi connectivity index (χ1n) is 11.8. The van der Waals surface area contributed by atoms with Gasteiger partial charge in [-0.15, -0.1) is 11.3 Å². The van der Waals surface area contributed by atoms with Crippen molar-refractivity contribution in [3.8, 4) is 22.8 Å². The van der Waals surface area contributed by atoms with Crippen molar-refractivity contribution < 1.29 is 19.1 Å². The zero-order valence-electron chi connectivity index (χ0n) is 20.0. The number of aryl methyl sites for hydroxylation is 1. The predicted octanol–water partition coefficient (Wildman–Crippen LogP) is 3.83. The van der Waals surface area contributed by atoms with E-state index in [1.165, 1.54) is 0 Å². The molecule has 1 N–H and O–H groups in total. The Balaban J connectivity index is 1.07. The Bertz CT molecular complexity index is 1270. The molecular formula is C26H30N4O4S. The van der Waals surface area contributed by atoms with Crippen molar-refractivity contribution in [1.82, 2.24) is 19.9 Å². The summed E-state index contributed by atoms with van der Waals surface area (Å²) in [6.45, 7) is 7.13. The van der Waals surface area contributed by atoms with Crippen LogP contribution in [0.4, 0.5) is 0 Å². The largest absolute Gasteiger partial charge is 0.496 e. The van der Waals surface area contributed by atoms with Gasteiger partial charge in [0.15, 0.2) is 5.76 Å². The van der Waals surface area contributed by atoms with E-state index in [9.17, 15) is 5.11 Å². The average molecular weight is 495 g/mol. The minimum Gasteiger partial charge on any atom is -0.496 e. The normalized spacial score (nSPS) is 16.0. The average Bonchev–Trinajstić information content (AvgIpc) is 3.49. The van der Waals surface area contributed by atoms with Crippen LogP contribution in [0.2, 0.25) is 0 Å². The summed E-state index contributed by atoms with van der Waals surface area (Å²) in [4.78, 5) is 9.12. The molecule has 1 fully saturated rings. The SMILES string of the molecule is COc1ccccc1-c1cc(CN2CCN(CC(O)COc3ccc4sc(C)nc4c3)CC2)on1. The van der Waals surface area contributed by atoms with E-state index < -0.39 is 6.10 Å². The van der Waals surface area contributed by atoms with E-state index in [1.54, 1.807) is 18.4 Å². The van der Waals surface area contributed by atoms with Crippen molar-refractivity contribution in [2.75, 3.05) is 46.4 Å². The molecule has 0 aliphatic carbocycles. The molecule has 1 unspecified atom stereocenters. The second-order valence-electron chi connectivity index (χ2n) is 8.78. The molecule has 8 nitrogen and oxygen atoms in total. The van der Waals surface area contributed by atoms with E-state index in [-0.39, 0.29) is 6.61 Å². The number of aliphatic hydroxyl groups is 1. The lowest BCUT2D eigenvalue weighted by molar-refractivity contribution is 0.0430.